The normalized spacial score (nSPS) is 11.6. The quantitative estimate of drug-likeness (QED) is 0.376. The van der Waals surface area contributed by atoms with Crippen molar-refractivity contribution in [2.24, 2.45) is 5.92 Å². The summed E-state index contributed by atoms with van der Waals surface area (Å²) in [7, 11) is 0. The lowest BCUT2D eigenvalue weighted by molar-refractivity contribution is -0.123. The van der Waals surface area contributed by atoms with Crippen molar-refractivity contribution in [1.82, 2.24) is 0 Å². The summed E-state index contributed by atoms with van der Waals surface area (Å²) in [6.07, 6.45) is 0.483. The van der Waals surface area contributed by atoms with Gasteiger partial charge in [0.05, 0.1) is 52.9 Å². The molecular formula is C17H34O5S. The van der Waals surface area contributed by atoms with Gasteiger partial charge < -0.3 is 18.9 Å². The predicted octanol–water partition coefficient (Wildman–Crippen LogP) is 2.81. The van der Waals surface area contributed by atoms with E-state index >= 15 is 0 Å². The third-order valence-electron chi connectivity index (χ3n) is 2.93. The zero-order valence-corrected chi connectivity index (χ0v) is 16.0. The second kappa shape index (κ2) is 16.7. The van der Waals surface area contributed by atoms with Crippen LogP contribution < -0.4 is 0 Å². The molecule has 0 aliphatic rings. The molecule has 0 unspecified atom stereocenters. The first-order chi connectivity index (χ1) is 11.0. The van der Waals surface area contributed by atoms with Gasteiger partial charge in [0.2, 0.25) is 0 Å². The van der Waals surface area contributed by atoms with Gasteiger partial charge in [-0.05, 0) is 5.25 Å². The van der Waals surface area contributed by atoms with Gasteiger partial charge in [-0.15, -0.1) is 0 Å². The van der Waals surface area contributed by atoms with Gasteiger partial charge in [-0.3, -0.25) is 4.79 Å². The lowest BCUT2D eigenvalue weighted by Crippen LogP contribution is -2.14. The van der Waals surface area contributed by atoms with Crippen LogP contribution in [0.2, 0.25) is 0 Å². The number of ether oxygens (including phenoxy) is 4. The molecule has 0 aliphatic carbocycles. The summed E-state index contributed by atoms with van der Waals surface area (Å²) < 4.78 is 21.6. The second-order valence-corrected chi connectivity index (χ2v) is 7.42. The summed E-state index contributed by atoms with van der Waals surface area (Å²) in [5, 5.41) is 0.659. The van der Waals surface area contributed by atoms with Crippen LogP contribution in [0.5, 0.6) is 0 Å². The number of thioether (sulfide) groups is 1. The van der Waals surface area contributed by atoms with E-state index in [0.29, 0.717) is 57.9 Å². The van der Waals surface area contributed by atoms with Crippen LogP contribution in [0.15, 0.2) is 0 Å². The van der Waals surface area contributed by atoms with E-state index in [1.54, 1.807) is 0 Å². The fraction of sp³-hybridized carbons (Fsp3) is 0.941. The summed E-state index contributed by atoms with van der Waals surface area (Å²) in [5.74, 6) is 1.36. The van der Waals surface area contributed by atoms with Gasteiger partial charge in [0.1, 0.15) is 5.78 Å². The molecule has 0 heterocycles. The summed E-state index contributed by atoms with van der Waals surface area (Å²) in [6.45, 7) is 12.8. The van der Waals surface area contributed by atoms with Gasteiger partial charge in [0.15, 0.2) is 0 Å². The molecule has 0 radical (unpaired) electrons. The molecule has 0 N–H and O–H groups in total. The van der Waals surface area contributed by atoms with Crippen LogP contribution in [-0.4, -0.2) is 69.6 Å². The van der Waals surface area contributed by atoms with Gasteiger partial charge in [-0.1, -0.05) is 27.7 Å². The van der Waals surface area contributed by atoms with Crippen LogP contribution in [-0.2, 0) is 23.7 Å². The molecule has 0 aromatic rings. The monoisotopic (exact) mass is 350 g/mol. The van der Waals surface area contributed by atoms with Gasteiger partial charge in [0.25, 0.3) is 0 Å². The molecule has 23 heavy (non-hydrogen) atoms. The van der Waals surface area contributed by atoms with E-state index in [2.05, 4.69) is 13.8 Å². The highest BCUT2D eigenvalue weighted by molar-refractivity contribution is 7.99. The lowest BCUT2D eigenvalue weighted by atomic mass is 10.1. The van der Waals surface area contributed by atoms with Crippen molar-refractivity contribution in [3.05, 3.63) is 0 Å². The van der Waals surface area contributed by atoms with Crippen molar-refractivity contribution in [2.45, 2.75) is 39.4 Å². The highest BCUT2D eigenvalue weighted by atomic mass is 32.2. The Hall–Kier alpha value is -0.140. The van der Waals surface area contributed by atoms with E-state index < -0.39 is 0 Å². The summed E-state index contributed by atoms with van der Waals surface area (Å²) in [6, 6.07) is 0. The van der Waals surface area contributed by atoms with Crippen molar-refractivity contribution >= 4 is 17.5 Å². The number of Topliss-reactive ketones (excluding diaryl/α,β-unsaturated/α-hetero) is 1. The summed E-state index contributed by atoms with van der Waals surface area (Å²) in [4.78, 5) is 11.4. The van der Waals surface area contributed by atoms with Crippen molar-refractivity contribution in [3.63, 3.8) is 0 Å². The van der Waals surface area contributed by atoms with Gasteiger partial charge >= 0.3 is 0 Å². The average Bonchev–Trinajstić information content (AvgIpc) is 2.50. The summed E-state index contributed by atoms with van der Waals surface area (Å²) in [5.41, 5.74) is 0. The van der Waals surface area contributed by atoms with E-state index in [4.69, 9.17) is 18.9 Å². The minimum absolute atomic E-state index is 0.0879. The summed E-state index contributed by atoms with van der Waals surface area (Å²) >= 11 is 1.90. The Morgan fingerprint density at radius 3 is 1.61 bits per heavy atom. The van der Waals surface area contributed by atoms with Crippen LogP contribution in [0.4, 0.5) is 0 Å². The topological polar surface area (TPSA) is 54.0 Å². The van der Waals surface area contributed by atoms with Crippen molar-refractivity contribution in [2.75, 3.05) is 58.6 Å². The highest BCUT2D eigenvalue weighted by Crippen LogP contribution is 2.07. The maximum atomic E-state index is 11.4. The fourth-order valence-corrected chi connectivity index (χ4v) is 2.25. The number of ketones is 1. The Bertz CT molecular complexity index is 272. The zero-order chi connectivity index (χ0) is 17.3. The molecule has 6 heteroatoms. The molecular weight excluding hydrogens is 316 g/mol. The number of carbonyl (C=O) groups is 1. The standard InChI is InChI=1S/C17H34O5S/c1-15(2)17(18)5-6-19-7-8-20-9-10-21-11-12-22-13-14-23-16(3)4/h15-16H,5-14H2,1-4H3. The lowest BCUT2D eigenvalue weighted by Gasteiger charge is -2.08. The van der Waals surface area contributed by atoms with Crippen molar-refractivity contribution in [3.8, 4) is 0 Å². The highest BCUT2D eigenvalue weighted by Gasteiger charge is 2.05. The predicted molar refractivity (Wildman–Crippen MR) is 95.3 cm³/mol. The zero-order valence-electron chi connectivity index (χ0n) is 15.2. The molecule has 0 rings (SSSR count). The van der Waals surface area contributed by atoms with Crippen molar-refractivity contribution in [1.29, 1.82) is 0 Å². The largest absolute Gasteiger partial charge is 0.379 e. The fourth-order valence-electron chi connectivity index (χ4n) is 1.57. The van der Waals surface area contributed by atoms with Crippen LogP contribution in [0.3, 0.4) is 0 Å². The van der Waals surface area contributed by atoms with Crippen LogP contribution in [0.25, 0.3) is 0 Å². The number of carbonyl (C=O) groups excluding carboxylic acids is 1. The van der Waals surface area contributed by atoms with Crippen molar-refractivity contribution < 1.29 is 23.7 Å². The third-order valence-corrected chi connectivity index (χ3v) is 4.00. The van der Waals surface area contributed by atoms with Crippen LogP contribution >= 0.6 is 11.8 Å². The van der Waals surface area contributed by atoms with E-state index in [-0.39, 0.29) is 11.7 Å². The first kappa shape index (κ1) is 22.9. The molecule has 0 bridgehead atoms. The Labute approximate surface area is 145 Å². The number of rotatable bonds is 17. The van der Waals surface area contributed by atoms with E-state index in [1.165, 1.54) is 0 Å². The van der Waals surface area contributed by atoms with Gasteiger partial charge in [-0.2, -0.15) is 11.8 Å². The van der Waals surface area contributed by atoms with Gasteiger partial charge in [-0.25, -0.2) is 0 Å². The molecule has 0 aliphatic heterocycles. The maximum absolute atomic E-state index is 11.4. The van der Waals surface area contributed by atoms with E-state index in [1.807, 2.05) is 25.6 Å². The Morgan fingerprint density at radius 2 is 1.17 bits per heavy atom. The molecule has 5 nitrogen and oxygen atoms in total. The van der Waals surface area contributed by atoms with E-state index in [9.17, 15) is 4.79 Å². The second-order valence-electron chi connectivity index (χ2n) is 5.74. The molecule has 0 atom stereocenters. The molecule has 0 saturated carbocycles. The van der Waals surface area contributed by atoms with Gasteiger partial charge in [0, 0.05) is 18.1 Å². The SMILES string of the molecule is CC(C)SCCOCCOCCOCCOCCC(=O)C(C)C. The third kappa shape index (κ3) is 18.0. The van der Waals surface area contributed by atoms with Crippen LogP contribution in [0, 0.1) is 5.92 Å². The molecule has 0 aromatic carbocycles. The molecule has 0 fully saturated rings. The first-order valence-corrected chi connectivity index (χ1v) is 9.54. The average molecular weight is 351 g/mol. The number of hydrogen-bond acceptors (Lipinski definition) is 6. The molecule has 0 saturated heterocycles. The minimum Gasteiger partial charge on any atom is -0.379 e. The molecule has 138 valence electrons. The minimum atomic E-state index is 0.0879. The Balaban J connectivity index is 3.07. The smallest absolute Gasteiger partial charge is 0.137 e. The molecule has 0 spiro atoms. The Kier molecular flexibility index (Phi) is 16.6. The Morgan fingerprint density at radius 1 is 0.739 bits per heavy atom. The molecule has 0 amide bonds. The first-order valence-electron chi connectivity index (χ1n) is 8.49. The van der Waals surface area contributed by atoms with E-state index in [0.717, 1.165) is 12.4 Å². The van der Waals surface area contributed by atoms with Crippen LogP contribution in [0.1, 0.15) is 34.1 Å². The maximum Gasteiger partial charge on any atom is 0.137 e. The number of hydrogen-bond donors (Lipinski definition) is 0. The molecule has 0 aromatic heterocycles.